The van der Waals surface area contributed by atoms with Gasteiger partial charge < -0.3 is 14.8 Å². The van der Waals surface area contributed by atoms with Crippen LogP contribution in [0.4, 0.5) is 0 Å². The van der Waals surface area contributed by atoms with E-state index in [0.717, 1.165) is 23.3 Å². The van der Waals surface area contributed by atoms with E-state index < -0.39 is 0 Å². The molecule has 0 unspecified atom stereocenters. The molecule has 8 heteroatoms. The number of carbonyl (C=O) groups excluding carboxylic acids is 1. The Morgan fingerprint density at radius 1 is 1.00 bits per heavy atom. The molecule has 168 valence electrons. The maximum atomic E-state index is 12.6. The topological polar surface area (TPSA) is 91.2 Å². The van der Waals surface area contributed by atoms with Gasteiger partial charge in [-0.1, -0.05) is 48.5 Å². The number of nitrogens with one attached hydrogen (secondary N) is 1. The highest BCUT2D eigenvalue weighted by Crippen LogP contribution is 2.25. The van der Waals surface area contributed by atoms with Crippen molar-refractivity contribution in [1.29, 1.82) is 0 Å². The van der Waals surface area contributed by atoms with E-state index >= 15 is 0 Å². The van der Waals surface area contributed by atoms with E-state index in [1.807, 2.05) is 60.7 Å². The molecule has 0 saturated carbocycles. The lowest BCUT2D eigenvalue weighted by atomic mass is 10.2. The van der Waals surface area contributed by atoms with E-state index in [0.29, 0.717) is 24.8 Å². The summed E-state index contributed by atoms with van der Waals surface area (Å²) in [6.07, 6.45) is 4.23. The van der Waals surface area contributed by atoms with Crippen LogP contribution in [-0.4, -0.2) is 32.5 Å². The van der Waals surface area contributed by atoms with Crippen molar-refractivity contribution >= 4 is 5.91 Å². The summed E-state index contributed by atoms with van der Waals surface area (Å²) >= 11 is 0. The Hall–Kier alpha value is -4.20. The predicted octanol–water partition coefficient (Wildman–Crippen LogP) is 4.23. The first-order valence-electron chi connectivity index (χ1n) is 10.8. The molecule has 0 fully saturated rings. The minimum absolute atomic E-state index is 0.241. The number of hydrogen-bond donors (Lipinski definition) is 1. The van der Waals surface area contributed by atoms with Crippen LogP contribution in [-0.2, 0) is 13.1 Å². The fourth-order valence-corrected chi connectivity index (χ4v) is 3.10. The van der Waals surface area contributed by atoms with Crippen molar-refractivity contribution < 1.29 is 14.3 Å². The number of benzene rings is 2. The van der Waals surface area contributed by atoms with E-state index in [2.05, 4.69) is 27.5 Å². The van der Waals surface area contributed by atoms with Crippen LogP contribution in [0.25, 0.3) is 0 Å². The Labute approximate surface area is 192 Å². The minimum Gasteiger partial charge on any atom is -0.494 e. The van der Waals surface area contributed by atoms with Crippen molar-refractivity contribution in [3.8, 4) is 17.4 Å². The van der Waals surface area contributed by atoms with Gasteiger partial charge in [-0.05, 0) is 42.3 Å². The van der Waals surface area contributed by atoms with Crippen LogP contribution in [0.1, 0.15) is 35.0 Å². The molecule has 0 aliphatic heterocycles. The van der Waals surface area contributed by atoms with Crippen molar-refractivity contribution in [1.82, 2.24) is 25.3 Å². The van der Waals surface area contributed by atoms with Gasteiger partial charge in [-0.2, -0.15) is 0 Å². The number of pyridine rings is 1. The van der Waals surface area contributed by atoms with Crippen LogP contribution < -0.4 is 14.8 Å². The largest absolute Gasteiger partial charge is 0.494 e. The van der Waals surface area contributed by atoms with Crippen molar-refractivity contribution in [3.05, 3.63) is 95.9 Å². The molecule has 4 aromatic rings. The zero-order valence-electron chi connectivity index (χ0n) is 18.3. The van der Waals surface area contributed by atoms with Gasteiger partial charge in [0.05, 0.1) is 19.3 Å². The third-order valence-corrected chi connectivity index (χ3v) is 4.76. The van der Waals surface area contributed by atoms with Crippen LogP contribution in [0.2, 0.25) is 0 Å². The van der Waals surface area contributed by atoms with Gasteiger partial charge in [-0.15, -0.1) is 5.10 Å². The van der Waals surface area contributed by atoms with Crippen LogP contribution in [0.15, 0.2) is 79.1 Å². The molecule has 0 radical (unpaired) electrons. The van der Waals surface area contributed by atoms with Crippen LogP contribution in [0, 0.1) is 0 Å². The molecule has 0 aliphatic rings. The summed E-state index contributed by atoms with van der Waals surface area (Å²) in [6.45, 7) is 3.52. The first-order chi connectivity index (χ1) is 16.2. The number of hydrogen-bond acceptors (Lipinski definition) is 6. The fraction of sp³-hybridized carbons (Fsp3) is 0.200. The second kappa shape index (κ2) is 10.9. The summed E-state index contributed by atoms with van der Waals surface area (Å²) in [4.78, 5) is 16.9. The standard InChI is InChI=1S/C25H25N5O3/c1-2-15-32-21-10-12-22(13-11-21)33-25-20(9-6-14-26-25)16-27-24(31)23-18-30(29-28-23)17-19-7-4-3-5-8-19/h3-14,18H,2,15-17H2,1H3,(H,27,31). The van der Waals surface area contributed by atoms with Crippen molar-refractivity contribution in [2.45, 2.75) is 26.4 Å². The van der Waals surface area contributed by atoms with E-state index in [4.69, 9.17) is 9.47 Å². The van der Waals surface area contributed by atoms with Gasteiger partial charge in [-0.3, -0.25) is 4.79 Å². The Kier molecular flexibility index (Phi) is 7.27. The van der Waals surface area contributed by atoms with E-state index in [1.54, 1.807) is 23.1 Å². The Bertz CT molecular complexity index is 1180. The SMILES string of the molecule is CCCOc1ccc(Oc2ncccc2CNC(=O)c2cn(Cc3ccccc3)nn2)cc1. The summed E-state index contributed by atoms with van der Waals surface area (Å²) < 4.78 is 13.2. The molecule has 1 N–H and O–H groups in total. The average molecular weight is 444 g/mol. The first kappa shape index (κ1) is 22.0. The summed E-state index contributed by atoms with van der Waals surface area (Å²) in [6, 6.07) is 20.9. The molecule has 2 aromatic carbocycles. The zero-order chi connectivity index (χ0) is 22.9. The Morgan fingerprint density at radius 3 is 2.58 bits per heavy atom. The number of carbonyl (C=O) groups is 1. The molecular formula is C25H25N5O3. The maximum Gasteiger partial charge on any atom is 0.273 e. The van der Waals surface area contributed by atoms with Gasteiger partial charge in [0, 0.05) is 18.3 Å². The number of rotatable bonds is 10. The highest BCUT2D eigenvalue weighted by molar-refractivity contribution is 5.91. The van der Waals surface area contributed by atoms with E-state index in [1.165, 1.54) is 0 Å². The molecule has 0 bridgehead atoms. The second-order valence-electron chi connectivity index (χ2n) is 7.36. The normalized spacial score (nSPS) is 10.6. The molecule has 8 nitrogen and oxygen atoms in total. The molecule has 1 amide bonds. The smallest absolute Gasteiger partial charge is 0.273 e. The van der Waals surface area contributed by atoms with Crippen LogP contribution in [0.3, 0.4) is 0 Å². The van der Waals surface area contributed by atoms with Crippen molar-refractivity contribution in [2.24, 2.45) is 0 Å². The molecule has 2 heterocycles. The summed E-state index contributed by atoms with van der Waals surface area (Å²) in [5.74, 6) is 1.53. The van der Waals surface area contributed by atoms with Crippen LogP contribution in [0.5, 0.6) is 17.4 Å². The number of ether oxygens (including phenoxy) is 2. The van der Waals surface area contributed by atoms with E-state index in [9.17, 15) is 4.79 Å². The lowest BCUT2D eigenvalue weighted by molar-refractivity contribution is 0.0945. The molecule has 0 spiro atoms. The first-order valence-corrected chi connectivity index (χ1v) is 10.8. The predicted molar refractivity (Wildman–Crippen MR) is 123 cm³/mol. The van der Waals surface area contributed by atoms with Gasteiger partial charge >= 0.3 is 0 Å². The third-order valence-electron chi connectivity index (χ3n) is 4.76. The monoisotopic (exact) mass is 443 g/mol. The van der Waals surface area contributed by atoms with Crippen LogP contribution >= 0.6 is 0 Å². The maximum absolute atomic E-state index is 12.6. The Balaban J connectivity index is 1.36. The Morgan fingerprint density at radius 2 is 1.79 bits per heavy atom. The molecule has 0 atom stereocenters. The summed E-state index contributed by atoms with van der Waals surface area (Å²) in [7, 11) is 0. The van der Waals surface area contributed by atoms with Gasteiger partial charge in [0.15, 0.2) is 5.69 Å². The molecule has 2 aromatic heterocycles. The highest BCUT2D eigenvalue weighted by Gasteiger charge is 2.13. The van der Waals surface area contributed by atoms with Gasteiger partial charge in [0.1, 0.15) is 11.5 Å². The number of aromatic nitrogens is 4. The van der Waals surface area contributed by atoms with Gasteiger partial charge in [0.2, 0.25) is 5.88 Å². The molecule has 4 rings (SSSR count). The lowest BCUT2D eigenvalue weighted by Crippen LogP contribution is -2.23. The molecular weight excluding hydrogens is 418 g/mol. The molecule has 0 saturated heterocycles. The van der Waals surface area contributed by atoms with Crippen molar-refractivity contribution in [2.75, 3.05) is 6.61 Å². The summed E-state index contributed by atoms with van der Waals surface area (Å²) in [5.41, 5.74) is 2.07. The van der Waals surface area contributed by atoms with E-state index in [-0.39, 0.29) is 18.1 Å². The highest BCUT2D eigenvalue weighted by atomic mass is 16.5. The quantitative estimate of drug-likeness (QED) is 0.394. The molecule has 0 aliphatic carbocycles. The second-order valence-corrected chi connectivity index (χ2v) is 7.36. The van der Waals surface area contributed by atoms with Gasteiger partial charge in [0.25, 0.3) is 5.91 Å². The minimum atomic E-state index is -0.318. The lowest BCUT2D eigenvalue weighted by Gasteiger charge is -2.11. The average Bonchev–Trinajstić information content (AvgIpc) is 3.32. The third kappa shape index (κ3) is 6.16. The fourth-order valence-electron chi connectivity index (χ4n) is 3.10. The summed E-state index contributed by atoms with van der Waals surface area (Å²) in [5, 5.41) is 10.9. The zero-order valence-corrected chi connectivity index (χ0v) is 18.3. The van der Waals surface area contributed by atoms with Gasteiger partial charge in [-0.25, -0.2) is 9.67 Å². The number of amides is 1. The molecule has 33 heavy (non-hydrogen) atoms. The number of nitrogens with zero attached hydrogens (tertiary/aromatic N) is 4. The van der Waals surface area contributed by atoms with Crippen molar-refractivity contribution in [3.63, 3.8) is 0 Å².